The molecule has 8 aliphatic carbocycles. The highest BCUT2D eigenvalue weighted by Gasteiger charge is 2.79. The fraction of sp³-hybridized carbons (Fsp3) is 0.922. The van der Waals surface area contributed by atoms with Gasteiger partial charge in [0.2, 0.25) is 0 Å². The molecule has 16 nitrogen and oxygen atoms in total. The van der Waals surface area contributed by atoms with Crippen molar-refractivity contribution in [3.05, 3.63) is 0 Å². The predicted octanol–water partition coefficient (Wildman–Crippen LogP) is 18.1. The Kier molecular flexibility index (Phi) is 27.3. The number of aliphatic hydroxyl groups is 3. The van der Waals surface area contributed by atoms with Crippen LogP contribution in [0.25, 0.3) is 0 Å². The van der Waals surface area contributed by atoms with Crippen molar-refractivity contribution in [2.24, 2.45) is 62.1 Å². The quantitative estimate of drug-likeness (QED) is 0.0658. The van der Waals surface area contributed by atoms with Crippen LogP contribution in [0.5, 0.6) is 0 Å². The molecule has 3 aliphatic heterocycles. The fourth-order valence-electron chi connectivity index (χ4n) is 17.2. The summed E-state index contributed by atoms with van der Waals surface area (Å²) in [5.74, 6) is -7.63. The molecule has 11 fully saturated rings. The molecular weight excluding hydrogens is 1410 g/mol. The van der Waals surface area contributed by atoms with E-state index in [0.717, 1.165) is 70.6 Å². The molecule has 3 heterocycles. The van der Waals surface area contributed by atoms with Crippen molar-refractivity contribution in [3.8, 4) is 0 Å². The van der Waals surface area contributed by atoms with E-state index >= 15 is 0 Å². The predicted molar refractivity (Wildman–Crippen MR) is 362 cm³/mol. The van der Waals surface area contributed by atoms with Crippen LogP contribution in [0.3, 0.4) is 0 Å². The number of hydrogen-bond acceptors (Lipinski definition) is 16. The lowest BCUT2D eigenvalue weighted by molar-refractivity contribution is -0.405. The summed E-state index contributed by atoms with van der Waals surface area (Å²) in [7, 11) is 0. The summed E-state index contributed by atoms with van der Waals surface area (Å²) in [4.78, 5) is 72.7. The molecule has 105 heavy (non-hydrogen) atoms. The summed E-state index contributed by atoms with van der Waals surface area (Å²) in [5, 5.41) is 29.9. The van der Waals surface area contributed by atoms with E-state index in [1.54, 1.807) is 0 Å². The van der Waals surface area contributed by atoms with Gasteiger partial charge in [0.15, 0.2) is 12.2 Å². The number of hydrogen-bond donors (Lipinski definition) is 3. The number of rotatable bonds is 18. The molecule has 1 spiro atoms. The van der Waals surface area contributed by atoms with Crippen LogP contribution in [-0.2, 0) is 61.9 Å². The van der Waals surface area contributed by atoms with E-state index in [2.05, 4.69) is 20.8 Å². The van der Waals surface area contributed by atoms with Gasteiger partial charge in [-0.15, -0.1) is 0 Å². The molecule has 28 heteroatoms. The van der Waals surface area contributed by atoms with Crippen molar-refractivity contribution in [1.82, 2.24) is 0 Å². The molecule has 0 aromatic heterocycles. The summed E-state index contributed by atoms with van der Waals surface area (Å²) < 4.78 is 199. The molecule has 0 amide bonds. The van der Waals surface area contributed by atoms with Crippen molar-refractivity contribution >= 4 is 35.8 Å². The Morgan fingerprint density at radius 3 is 1.23 bits per heavy atom. The van der Waals surface area contributed by atoms with Crippen LogP contribution in [0.15, 0.2) is 0 Å². The minimum atomic E-state index is -6.58. The van der Waals surface area contributed by atoms with E-state index in [0.29, 0.717) is 31.1 Å². The molecule has 6 bridgehead atoms. The maximum atomic E-state index is 13.3. The minimum absolute atomic E-state index is 0.00525. The van der Waals surface area contributed by atoms with E-state index < -0.39 is 113 Å². The van der Waals surface area contributed by atoms with Crippen LogP contribution in [0.4, 0.5) is 52.7 Å². The zero-order valence-corrected chi connectivity index (χ0v) is 64.8. The number of fused-ring (bicyclic) bond motifs is 1. The van der Waals surface area contributed by atoms with Crippen molar-refractivity contribution in [3.63, 3.8) is 0 Å². The minimum Gasteiger partial charge on any atom is -0.462 e. The highest BCUT2D eigenvalue weighted by Crippen LogP contribution is 2.62. The van der Waals surface area contributed by atoms with E-state index in [1.165, 1.54) is 85.0 Å². The molecule has 0 aromatic rings. The van der Waals surface area contributed by atoms with Gasteiger partial charge in [0, 0.05) is 23.7 Å². The van der Waals surface area contributed by atoms with Crippen LogP contribution in [0.1, 0.15) is 297 Å². The average molecular weight is 1530 g/mol. The number of ether oxygens (including phenoxy) is 7. The van der Waals surface area contributed by atoms with Gasteiger partial charge in [-0.2, -0.15) is 52.7 Å². The topological polar surface area (TPSA) is 228 Å². The number of alkyl halides is 12. The lowest BCUT2D eigenvalue weighted by atomic mass is 9.52. The maximum Gasteiger partial charge on any atom is 0.426 e. The molecule has 608 valence electrons. The second kappa shape index (κ2) is 31.9. The first-order chi connectivity index (χ1) is 47.8. The molecule has 11 aliphatic rings. The standard InChI is InChI=1S/C18H22F12O4.C17H30O2.C16H26O3.C13H18O5.C13H24O2/c1-4-12(2,3)11(31)34-10-6-8(13(32,15(19,20)21)16(22,23)24)5-9(7-10)14(33,17(25,26)27)18(28,29)30;1-5-15(2,3)14(18)19-16(4)10-6-7-11-17(16)12-8-9-13-17;1-4-14(2,3)13(17)19-16-8-11-5-12(9-16)7-15(18,6-11)10-16;1-4-13(2,3)12(15)18-9-7-5-6-8(16-7)10(9)17-11(6)14;1-5-12(3,4)11(14)15-13(6-2)9-7-8-10-13/h8-10,32-33H,4-7H2,1-3H3;5-13H2,1-4H3;11-12,18H,4-10H2,1-3H3;6-10H,4-5H2,1-3H3;5-10H2,1-4H3. The van der Waals surface area contributed by atoms with Crippen molar-refractivity contribution in [2.75, 3.05) is 0 Å². The number of carbonyl (C=O) groups is 6. The summed E-state index contributed by atoms with van der Waals surface area (Å²) in [6.45, 7) is 31.8. The third kappa shape index (κ3) is 18.9. The molecule has 8 saturated carbocycles. The largest absolute Gasteiger partial charge is 0.462 e. The molecule has 3 N–H and O–H groups in total. The van der Waals surface area contributed by atoms with Crippen LogP contribution in [0.2, 0.25) is 0 Å². The van der Waals surface area contributed by atoms with E-state index in [-0.39, 0.29) is 87.4 Å². The van der Waals surface area contributed by atoms with Crippen molar-refractivity contribution < 1.29 is 130 Å². The van der Waals surface area contributed by atoms with Gasteiger partial charge >= 0.3 is 60.5 Å². The Labute approximate surface area is 612 Å². The Bertz CT molecular complexity index is 2920. The van der Waals surface area contributed by atoms with Gasteiger partial charge in [-0.05, 0) is 242 Å². The van der Waals surface area contributed by atoms with Crippen LogP contribution < -0.4 is 0 Å². The first kappa shape index (κ1) is 89.7. The van der Waals surface area contributed by atoms with E-state index in [1.807, 2.05) is 76.2 Å². The molecular formula is C77H120F12O16. The van der Waals surface area contributed by atoms with Gasteiger partial charge in [0.1, 0.15) is 29.0 Å². The van der Waals surface area contributed by atoms with Crippen LogP contribution in [0, 0.1) is 62.1 Å². The Hall–Kier alpha value is -4.18. The molecule has 0 radical (unpaired) electrons. The monoisotopic (exact) mass is 1530 g/mol. The third-order valence-corrected chi connectivity index (χ3v) is 26.4. The lowest BCUT2D eigenvalue weighted by Crippen LogP contribution is -2.67. The smallest absolute Gasteiger partial charge is 0.426 e. The SMILES string of the molecule is CCC(C)(C)C(=O)OC1(C)CCCCC12CCCC2.CCC(C)(C)C(=O)OC12CC3CC(CC(O)(C3)C1)C2.CCC(C)(C)C(=O)OC1C2CC3C(=O)OC1C3O2.CCC(C)(C)C(=O)OC1CC(C(O)(C(F)(F)F)C(F)(F)F)CC(C(O)(C(F)(F)F)C(F)(F)F)C1.CCC1(OC(=O)C(C)(C)CC)CCCC1. The average Bonchev–Trinajstić information content (AvgIpc) is 1.25. The summed E-state index contributed by atoms with van der Waals surface area (Å²) >= 11 is 0. The molecule has 10 unspecified atom stereocenters. The number of halogens is 12. The second-order valence-corrected chi connectivity index (χ2v) is 35.8. The Morgan fingerprint density at radius 1 is 0.467 bits per heavy atom. The van der Waals surface area contributed by atoms with Crippen LogP contribution in [-0.4, -0.2) is 140 Å². The molecule has 0 aromatic carbocycles. The van der Waals surface area contributed by atoms with E-state index in [4.69, 9.17) is 33.2 Å². The Balaban J connectivity index is 0.000000212. The zero-order chi connectivity index (χ0) is 80.0. The summed E-state index contributed by atoms with van der Waals surface area (Å²) in [6, 6.07) is 0. The number of esters is 6. The second-order valence-electron chi connectivity index (χ2n) is 35.8. The molecule has 10 atom stereocenters. The molecule has 11 rings (SSSR count). The van der Waals surface area contributed by atoms with Gasteiger partial charge in [-0.3, -0.25) is 28.8 Å². The first-order valence-electron chi connectivity index (χ1n) is 38.2. The zero-order valence-electron chi connectivity index (χ0n) is 64.8. The first-order valence-corrected chi connectivity index (χ1v) is 38.2. The lowest BCUT2D eigenvalue weighted by Gasteiger charge is -2.59. The highest BCUT2D eigenvalue weighted by molar-refractivity contribution is 5.80. The van der Waals surface area contributed by atoms with E-state index in [9.17, 15) is 96.8 Å². The highest BCUT2D eigenvalue weighted by atomic mass is 19.4. The molecule has 3 saturated heterocycles. The van der Waals surface area contributed by atoms with Gasteiger partial charge in [-0.1, -0.05) is 60.8 Å². The van der Waals surface area contributed by atoms with Crippen LogP contribution >= 0.6 is 0 Å². The summed E-state index contributed by atoms with van der Waals surface area (Å²) in [5.41, 5.74) is -15.5. The maximum absolute atomic E-state index is 13.3. The third-order valence-electron chi connectivity index (χ3n) is 26.4. The van der Waals surface area contributed by atoms with Gasteiger partial charge in [-0.25, -0.2) is 0 Å². The van der Waals surface area contributed by atoms with Crippen molar-refractivity contribution in [1.29, 1.82) is 0 Å². The van der Waals surface area contributed by atoms with Crippen molar-refractivity contribution in [2.45, 2.75) is 386 Å². The fourth-order valence-corrected chi connectivity index (χ4v) is 17.2. The number of carbonyl (C=O) groups excluding carboxylic acids is 6. The summed E-state index contributed by atoms with van der Waals surface area (Å²) in [6.07, 6.45) is -10.3. The normalized spacial score (nSPS) is 31.3. The van der Waals surface area contributed by atoms with Gasteiger partial charge < -0.3 is 48.5 Å². The van der Waals surface area contributed by atoms with Gasteiger partial charge in [0.25, 0.3) is 11.2 Å². The van der Waals surface area contributed by atoms with Gasteiger partial charge in [0.05, 0.1) is 44.7 Å². The Morgan fingerprint density at radius 2 is 0.838 bits per heavy atom.